The molecule has 0 aromatic heterocycles. The van der Waals surface area contributed by atoms with Crippen molar-refractivity contribution >= 4 is 5.91 Å². The quantitative estimate of drug-likeness (QED) is 0.661. The third-order valence-corrected chi connectivity index (χ3v) is 3.65. The topological polar surface area (TPSA) is 32.3 Å². The Morgan fingerprint density at radius 3 is 2.59 bits per heavy atom. The standard InChI is InChI=1S/C14H28N2O/c1-3-4-5-6-7-8-11-15-14(17)13-10-9-12-16(13)2/h13H,3-12H2,1-2H3,(H,15,17)/t13-/m0/s1. The molecular weight excluding hydrogens is 212 g/mol. The number of unbranched alkanes of at least 4 members (excludes halogenated alkanes) is 5. The predicted octanol–water partition coefficient (Wildman–Crippen LogP) is 2.56. The van der Waals surface area contributed by atoms with E-state index in [0.29, 0.717) is 0 Å². The molecule has 1 amide bonds. The lowest BCUT2D eigenvalue weighted by atomic mass is 10.1. The van der Waals surface area contributed by atoms with E-state index in [-0.39, 0.29) is 11.9 Å². The molecule has 0 bridgehead atoms. The molecule has 0 saturated carbocycles. The first kappa shape index (κ1) is 14.5. The highest BCUT2D eigenvalue weighted by Crippen LogP contribution is 2.14. The van der Waals surface area contributed by atoms with Crippen molar-refractivity contribution in [1.29, 1.82) is 0 Å². The number of carbonyl (C=O) groups excluding carboxylic acids is 1. The number of nitrogens with zero attached hydrogens (tertiary/aromatic N) is 1. The zero-order valence-electron chi connectivity index (χ0n) is 11.5. The van der Waals surface area contributed by atoms with Gasteiger partial charge in [0.25, 0.3) is 0 Å². The number of amides is 1. The highest BCUT2D eigenvalue weighted by Gasteiger charge is 2.26. The maximum Gasteiger partial charge on any atom is 0.237 e. The first-order valence-electron chi connectivity index (χ1n) is 7.23. The summed E-state index contributed by atoms with van der Waals surface area (Å²) in [7, 11) is 2.04. The summed E-state index contributed by atoms with van der Waals surface area (Å²) in [6.07, 6.45) is 9.87. The van der Waals surface area contributed by atoms with Gasteiger partial charge in [-0.25, -0.2) is 0 Å². The smallest absolute Gasteiger partial charge is 0.237 e. The average Bonchev–Trinajstić information content (AvgIpc) is 2.74. The molecule has 0 aromatic rings. The van der Waals surface area contributed by atoms with Gasteiger partial charge in [0.15, 0.2) is 0 Å². The van der Waals surface area contributed by atoms with Gasteiger partial charge in [-0.2, -0.15) is 0 Å². The molecule has 1 heterocycles. The molecule has 0 spiro atoms. The van der Waals surface area contributed by atoms with Crippen LogP contribution in [0.3, 0.4) is 0 Å². The molecule has 1 N–H and O–H groups in total. The molecule has 3 heteroatoms. The van der Waals surface area contributed by atoms with Crippen molar-refractivity contribution in [2.75, 3.05) is 20.1 Å². The Morgan fingerprint density at radius 2 is 1.94 bits per heavy atom. The first-order valence-corrected chi connectivity index (χ1v) is 7.23. The molecule has 0 radical (unpaired) electrons. The maximum absolute atomic E-state index is 11.8. The summed E-state index contributed by atoms with van der Waals surface area (Å²) in [6, 6.07) is 0.134. The van der Waals surface area contributed by atoms with Crippen LogP contribution in [0.2, 0.25) is 0 Å². The maximum atomic E-state index is 11.8. The Morgan fingerprint density at radius 1 is 1.24 bits per heavy atom. The van der Waals surface area contributed by atoms with Crippen molar-refractivity contribution in [2.24, 2.45) is 0 Å². The summed E-state index contributed by atoms with van der Waals surface area (Å²) in [4.78, 5) is 14.0. The lowest BCUT2D eigenvalue weighted by Gasteiger charge is -2.18. The van der Waals surface area contributed by atoms with Gasteiger partial charge >= 0.3 is 0 Å². The Kier molecular flexibility index (Phi) is 7.25. The van der Waals surface area contributed by atoms with E-state index in [2.05, 4.69) is 17.1 Å². The summed E-state index contributed by atoms with van der Waals surface area (Å²) in [6.45, 7) is 4.16. The molecular formula is C14H28N2O. The van der Waals surface area contributed by atoms with Crippen molar-refractivity contribution in [3.05, 3.63) is 0 Å². The minimum Gasteiger partial charge on any atom is -0.355 e. The van der Waals surface area contributed by atoms with E-state index in [4.69, 9.17) is 0 Å². The molecule has 3 nitrogen and oxygen atoms in total. The molecule has 1 rings (SSSR count). The zero-order chi connectivity index (χ0) is 12.5. The van der Waals surface area contributed by atoms with E-state index in [1.165, 1.54) is 32.1 Å². The van der Waals surface area contributed by atoms with Crippen LogP contribution in [0.25, 0.3) is 0 Å². The van der Waals surface area contributed by atoms with Gasteiger partial charge in [0.2, 0.25) is 5.91 Å². The van der Waals surface area contributed by atoms with Crippen molar-refractivity contribution in [3.63, 3.8) is 0 Å². The fraction of sp³-hybridized carbons (Fsp3) is 0.929. The van der Waals surface area contributed by atoms with E-state index < -0.39 is 0 Å². The van der Waals surface area contributed by atoms with E-state index in [1.54, 1.807) is 0 Å². The van der Waals surface area contributed by atoms with Crippen LogP contribution in [0.5, 0.6) is 0 Å². The van der Waals surface area contributed by atoms with Gasteiger partial charge in [-0.15, -0.1) is 0 Å². The Balaban J connectivity index is 1.97. The van der Waals surface area contributed by atoms with Gasteiger partial charge in [-0.3, -0.25) is 9.69 Å². The predicted molar refractivity (Wildman–Crippen MR) is 72.0 cm³/mol. The van der Waals surface area contributed by atoms with Gasteiger partial charge in [-0.1, -0.05) is 39.0 Å². The normalized spacial score (nSPS) is 20.7. The van der Waals surface area contributed by atoms with Crippen LogP contribution < -0.4 is 5.32 Å². The van der Waals surface area contributed by atoms with E-state index in [1.807, 2.05) is 7.05 Å². The lowest BCUT2D eigenvalue weighted by molar-refractivity contribution is -0.125. The number of rotatable bonds is 8. The fourth-order valence-corrected chi connectivity index (χ4v) is 2.48. The Hall–Kier alpha value is -0.570. The first-order chi connectivity index (χ1) is 8.25. The molecule has 17 heavy (non-hydrogen) atoms. The average molecular weight is 240 g/mol. The molecule has 100 valence electrons. The highest BCUT2D eigenvalue weighted by atomic mass is 16.2. The SMILES string of the molecule is CCCCCCCCNC(=O)[C@@H]1CCCN1C. The van der Waals surface area contributed by atoms with E-state index in [0.717, 1.165) is 32.4 Å². The molecule has 1 saturated heterocycles. The van der Waals surface area contributed by atoms with Gasteiger partial charge in [0, 0.05) is 6.54 Å². The minimum atomic E-state index is 0.134. The minimum absolute atomic E-state index is 0.134. The van der Waals surface area contributed by atoms with Gasteiger partial charge < -0.3 is 5.32 Å². The Bertz CT molecular complexity index is 218. The van der Waals surface area contributed by atoms with Crippen molar-refractivity contribution < 1.29 is 4.79 Å². The van der Waals surface area contributed by atoms with Crippen LogP contribution in [0, 0.1) is 0 Å². The molecule has 1 aliphatic rings. The second-order valence-corrected chi connectivity index (χ2v) is 5.20. The van der Waals surface area contributed by atoms with Crippen molar-refractivity contribution in [2.45, 2.75) is 64.3 Å². The number of carbonyl (C=O) groups is 1. The van der Waals surface area contributed by atoms with Crippen LogP contribution >= 0.6 is 0 Å². The number of nitrogens with one attached hydrogen (secondary N) is 1. The summed E-state index contributed by atoms with van der Waals surface area (Å²) in [5.41, 5.74) is 0. The van der Waals surface area contributed by atoms with E-state index in [9.17, 15) is 4.79 Å². The lowest BCUT2D eigenvalue weighted by Crippen LogP contribution is -2.41. The number of hydrogen-bond acceptors (Lipinski definition) is 2. The van der Waals surface area contributed by atoms with Crippen molar-refractivity contribution in [1.82, 2.24) is 10.2 Å². The highest BCUT2D eigenvalue weighted by molar-refractivity contribution is 5.81. The van der Waals surface area contributed by atoms with Crippen LogP contribution in [0.1, 0.15) is 58.3 Å². The third kappa shape index (κ3) is 5.53. The van der Waals surface area contributed by atoms with Gasteiger partial charge in [0.1, 0.15) is 0 Å². The van der Waals surface area contributed by atoms with Crippen LogP contribution in [0.4, 0.5) is 0 Å². The van der Waals surface area contributed by atoms with Crippen LogP contribution in [0.15, 0.2) is 0 Å². The van der Waals surface area contributed by atoms with Crippen LogP contribution in [-0.2, 0) is 4.79 Å². The molecule has 0 aromatic carbocycles. The monoisotopic (exact) mass is 240 g/mol. The number of hydrogen-bond donors (Lipinski definition) is 1. The summed E-state index contributed by atoms with van der Waals surface area (Å²) < 4.78 is 0. The van der Waals surface area contributed by atoms with Gasteiger partial charge in [0.05, 0.1) is 6.04 Å². The molecule has 1 fully saturated rings. The number of likely N-dealkylation sites (tertiary alicyclic amines) is 1. The molecule has 1 aliphatic heterocycles. The Labute approximate surface area is 106 Å². The fourth-order valence-electron chi connectivity index (χ4n) is 2.48. The zero-order valence-corrected chi connectivity index (χ0v) is 11.5. The van der Waals surface area contributed by atoms with Gasteiger partial charge in [-0.05, 0) is 32.9 Å². The van der Waals surface area contributed by atoms with Crippen molar-refractivity contribution in [3.8, 4) is 0 Å². The second-order valence-electron chi connectivity index (χ2n) is 5.20. The summed E-state index contributed by atoms with van der Waals surface area (Å²) >= 11 is 0. The summed E-state index contributed by atoms with van der Waals surface area (Å²) in [5, 5.41) is 3.07. The molecule has 0 unspecified atom stereocenters. The van der Waals surface area contributed by atoms with Crippen LogP contribution in [-0.4, -0.2) is 37.0 Å². The molecule has 0 aliphatic carbocycles. The third-order valence-electron chi connectivity index (χ3n) is 3.65. The second kappa shape index (κ2) is 8.51. The van der Waals surface area contributed by atoms with E-state index >= 15 is 0 Å². The molecule has 1 atom stereocenters. The number of likely N-dealkylation sites (N-methyl/N-ethyl adjacent to an activating group) is 1. The summed E-state index contributed by atoms with van der Waals surface area (Å²) in [5.74, 6) is 0.235. The largest absolute Gasteiger partial charge is 0.355 e.